The van der Waals surface area contributed by atoms with Crippen LogP contribution in [-0.2, 0) is 10.0 Å². The maximum Gasteiger partial charge on any atom is 0.267 e. The summed E-state index contributed by atoms with van der Waals surface area (Å²) in [5.41, 5.74) is 5.87. The number of nitrogens with two attached hydrogens (primary N) is 1. The number of benzene rings is 1. The molecule has 1 aromatic carbocycles. The van der Waals surface area contributed by atoms with E-state index in [-0.39, 0.29) is 5.95 Å². The molecule has 0 amide bonds. The Bertz CT molecular complexity index is 789. The number of sulfonamides is 1. The first-order chi connectivity index (χ1) is 9.69. The molecule has 0 saturated carbocycles. The van der Waals surface area contributed by atoms with Crippen LogP contribution in [0.3, 0.4) is 0 Å². The van der Waals surface area contributed by atoms with Crippen molar-refractivity contribution < 1.29 is 17.2 Å². The van der Waals surface area contributed by atoms with Crippen molar-refractivity contribution in [2.24, 2.45) is 0 Å². The van der Waals surface area contributed by atoms with Crippen LogP contribution in [0.25, 0.3) is 0 Å². The second-order valence-electron chi connectivity index (χ2n) is 4.38. The molecule has 0 aliphatic heterocycles. The van der Waals surface area contributed by atoms with E-state index in [0.717, 1.165) is 0 Å². The number of aromatic nitrogens is 2. The van der Waals surface area contributed by atoms with Crippen molar-refractivity contribution in [1.29, 1.82) is 0 Å². The lowest BCUT2D eigenvalue weighted by Gasteiger charge is -2.09. The Morgan fingerprint density at radius 1 is 1.05 bits per heavy atom. The molecule has 2 rings (SSSR count). The van der Waals surface area contributed by atoms with Crippen molar-refractivity contribution in [3.8, 4) is 0 Å². The maximum absolute atomic E-state index is 13.6. The number of nitrogens with one attached hydrogen (secondary N) is 1. The van der Waals surface area contributed by atoms with Gasteiger partial charge in [-0.1, -0.05) is 0 Å². The molecule has 0 fully saturated rings. The molecule has 0 aliphatic carbocycles. The molecule has 0 aliphatic rings. The molecule has 21 heavy (non-hydrogen) atoms. The smallest absolute Gasteiger partial charge is 0.267 e. The molecule has 0 spiro atoms. The minimum Gasteiger partial charge on any atom is -0.396 e. The second-order valence-corrected chi connectivity index (χ2v) is 6.03. The summed E-state index contributed by atoms with van der Waals surface area (Å²) >= 11 is 0. The quantitative estimate of drug-likeness (QED) is 0.841. The lowest BCUT2D eigenvalue weighted by Crippen LogP contribution is -2.17. The molecule has 0 bridgehead atoms. The molecular weight excluding hydrogens is 302 g/mol. The number of hydrogen-bond donors (Lipinski definition) is 2. The van der Waals surface area contributed by atoms with Crippen LogP contribution >= 0.6 is 0 Å². The Morgan fingerprint density at radius 2 is 1.62 bits per heavy atom. The third kappa shape index (κ3) is 3.24. The summed E-state index contributed by atoms with van der Waals surface area (Å²) in [5, 5.41) is 0. The predicted octanol–water partition coefficient (Wildman–Crippen LogP) is 1.75. The Hall–Kier alpha value is -2.29. The Labute approximate surface area is 120 Å². The van der Waals surface area contributed by atoms with Crippen LogP contribution < -0.4 is 10.5 Å². The summed E-state index contributed by atoms with van der Waals surface area (Å²) in [4.78, 5) is 7.00. The first kappa shape index (κ1) is 15.1. The van der Waals surface area contributed by atoms with Crippen molar-refractivity contribution in [2.75, 3.05) is 10.5 Å². The molecule has 9 heteroatoms. The van der Waals surface area contributed by atoms with Crippen molar-refractivity contribution >= 4 is 21.7 Å². The molecule has 3 N–H and O–H groups in total. The summed E-state index contributed by atoms with van der Waals surface area (Å²) in [6.07, 6.45) is 0. The van der Waals surface area contributed by atoms with Crippen LogP contribution in [0.1, 0.15) is 11.4 Å². The zero-order valence-electron chi connectivity index (χ0n) is 11.2. The molecular formula is C12H12F2N4O2S. The topological polar surface area (TPSA) is 98.0 Å². The van der Waals surface area contributed by atoms with E-state index in [9.17, 15) is 17.2 Å². The normalized spacial score (nSPS) is 11.4. The first-order valence-corrected chi connectivity index (χ1v) is 7.27. The highest BCUT2D eigenvalue weighted by molar-refractivity contribution is 7.92. The molecule has 6 nitrogen and oxygen atoms in total. The Morgan fingerprint density at radius 3 is 2.19 bits per heavy atom. The summed E-state index contributed by atoms with van der Waals surface area (Å²) in [7, 11) is -4.31. The van der Waals surface area contributed by atoms with E-state index >= 15 is 0 Å². The van der Waals surface area contributed by atoms with Gasteiger partial charge in [-0.05, 0) is 26.0 Å². The average Bonchev–Trinajstić information content (AvgIpc) is 2.31. The third-order valence-corrected chi connectivity index (χ3v) is 3.89. The van der Waals surface area contributed by atoms with E-state index in [4.69, 9.17) is 5.73 Å². The van der Waals surface area contributed by atoms with Gasteiger partial charge in [0.2, 0.25) is 5.95 Å². The van der Waals surface area contributed by atoms with Gasteiger partial charge in [0.05, 0.1) is 5.69 Å². The van der Waals surface area contributed by atoms with Crippen molar-refractivity contribution in [3.63, 3.8) is 0 Å². The maximum atomic E-state index is 13.6. The fraction of sp³-hybridized carbons (Fsp3) is 0.167. The average molecular weight is 314 g/mol. The molecule has 0 radical (unpaired) electrons. The highest BCUT2D eigenvalue weighted by Gasteiger charge is 2.22. The minimum atomic E-state index is -4.31. The number of halogens is 2. The molecule has 1 aromatic heterocycles. The van der Waals surface area contributed by atoms with Gasteiger partial charge < -0.3 is 5.73 Å². The van der Waals surface area contributed by atoms with Gasteiger partial charge in [-0.25, -0.2) is 31.9 Å². The fourth-order valence-electron chi connectivity index (χ4n) is 1.70. The summed E-state index contributed by atoms with van der Waals surface area (Å²) in [5.74, 6) is -2.48. The van der Waals surface area contributed by atoms with E-state index in [1.807, 2.05) is 4.72 Å². The number of nitrogens with zero attached hydrogens (tertiary/aromatic N) is 2. The van der Waals surface area contributed by atoms with Crippen molar-refractivity contribution in [1.82, 2.24) is 9.97 Å². The van der Waals surface area contributed by atoms with Crippen LogP contribution in [-0.4, -0.2) is 18.4 Å². The van der Waals surface area contributed by atoms with Crippen molar-refractivity contribution in [3.05, 3.63) is 41.2 Å². The van der Waals surface area contributed by atoms with Gasteiger partial charge in [-0.3, -0.25) is 0 Å². The first-order valence-electron chi connectivity index (χ1n) is 5.78. The number of rotatable bonds is 3. The Balaban J connectivity index is 2.45. The van der Waals surface area contributed by atoms with E-state index in [1.165, 1.54) is 0 Å². The van der Waals surface area contributed by atoms with E-state index in [1.54, 1.807) is 19.9 Å². The van der Waals surface area contributed by atoms with E-state index in [2.05, 4.69) is 9.97 Å². The van der Waals surface area contributed by atoms with Crippen molar-refractivity contribution in [2.45, 2.75) is 18.7 Å². The molecule has 2 aromatic rings. The zero-order chi connectivity index (χ0) is 15.8. The van der Waals surface area contributed by atoms with Crippen LogP contribution in [0.2, 0.25) is 0 Å². The molecule has 0 saturated heterocycles. The summed E-state index contributed by atoms with van der Waals surface area (Å²) in [6, 6.07) is 2.76. The highest BCUT2D eigenvalue weighted by Crippen LogP contribution is 2.22. The van der Waals surface area contributed by atoms with Gasteiger partial charge in [0, 0.05) is 17.5 Å². The number of aryl methyl sites for hydroxylation is 2. The standard InChI is InChI=1S/C12H12F2N4O2S/c1-6-3-7(2)17-12(16-6)18-21(19,20)11-5-10(15)8(13)4-9(11)14/h3-5H,15H2,1-2H3,(H,16,17,18). The van der Waals surface area contributed by atoms with Gasteiger partial charge in [0.15, 0.2) is 0 Å². The monoisotopic (exact) mass is 314 g/mol. The van der Waals surface area contributed by atoms with Gasteiger partial charge >= 0.3 is 0 Å². The summed E-state index contributed by atoms with van der Waals surface area (Å²) in [6.45, 7) is 3.31. The van der Waals surface area contributed by atoms with Crippen LogP contribution in [0.4, 0.5) is 20.4 Å². The Kier molecular flexibility index (Phi) is 3.77. The van der Waals surface area contributed by atoms with Crippen LogP contribution in [0.15, 0.2) is 23.1 Å². The van der Waals surface area contributed by atoms with E-state index in [0.29, 0.717) is 23.5 Å². The molecule has 1 heterocycles. The second kappa shape index (κ2) is 5.24. The highest BCUT2D eigenvalue weighted by atomic mass is 32.2. The third-order valence-electron chi connectivity index (χ3n) is 2.55. The van der Waals surface area contributed by atoms with Gasteiger partial charge in [-0.2, -0.15) is 0 Å². The fourth-order valence-corrected chi connectivity index (χ4v) is 2.74. The van der Waals surface area contributed by atoms with Crippen LogP contribution in [0.5, 0.6) is 0 Å². The van der Waals surface area contributed by atoms with Gasteiger partial charge in [-0.15, -0.1) is 0 Å². The SMILES string of the molecule is Cc1cc(C)nc(NS(=O)(=O)c2cc(N)c(F)cc2F)n1. The largest absolute Gasteiger partial charge is 0.396 e. The predicted molar refractivity (Wildman–Crippen MR) is 73.1 cm³/mol. The number of anilines is 2. The van der Waals surface area contributed by atoms with Gasteiger partial charge in [0.1, 0.15) is 16.5 Å². The lowest BCUT2D eigenvalue weighted by atomic mass is 10.3. The zero-order valence-corrected chi connectivity index (χ0v) is 12.0. The molecule has 112 valence electrons. The van der Waals surface area contributed by atoms with E-state index < -0.39 is 32.2 Å². The molecule has 0 atom stereocenters. The summed E-state index contributed by atoms with van der Waals surface area (Å²) < 4.78 is 52.9. The van der Waals surface area contributed by atoms with Gasteiger partial charge in [0.25, 0.3) is 10.0 Å². The number of hydrogen-bond acceptors (Lipinski definition) is 5. The molecule has 0 unspecified atom stereocenters. The lowest BCUT2D eigenvalue weighted by molar-refractivity contribution is 0.553. The minimum absolute atomic E-state index is 0.199. The number of nitrogen functional groups attached to an aromatic ring is 1. The van der Waals surface area contributed by atoms with Crippen LogP contribution in [0, 0.1) is 25.5 Å².